The Kier molecular flexibility index (Phi) is 3.62. The quantitative estimate of drug-likeness (QED) is 0.707. The van der Waals surface area contributed by atoms with Gasteiger partial charge in [0.2, 0.25) is 0 Å². The smallest absolute Gasteiger partial charge is 0.352 e. The molecule has 1 heterocycles. The molecule has 100 valence electrons. The molecule has 1 unspecified atom stereocenters. The second kappa shape index (κ2) is 5.19. The summed E-state index contributed by atoms with van der Waals surface area (Å²) in [4.78, 5) is 10.9. The Balaban J connectivity index is 2.27. The Morgan fingerprint density at radius 3 is 2.63 bits per heavy atom. The highest BCUT2D eigenvalue weighted by Crippen LogP contribution is 2.30. The van der Waals surface area contributed by atoms with Crippen LogP contribution in [-0.4, -0.2) is 23.4 Å². The first kappa shape index (κ1) is 13.2. The monoisotopic (exact) mass is 264 g/mol. The second-order valence-corrected chi connectivity index (χ2v) is 4.23. The van der Waals surface area contributed by atoms with Gasteiger partial charge < -0.3 is 21.0 Å². The van der Waals surface area contributed by atoms with E-state index in [-0.39, 0.29) is 35.8 Å². The summed E-state index contributed by atoms with van der Waals surface area (Å²) in [6.07, 6.45) is -0.217. The lowest BCUT2D eigenvalue weighted by atomic mass is 9.94. The second-order valence-electron chi connectivity index (χ2n) is 4.23. The minimum absolute atomic E-state index is 0.00857. The number of ether oxygens (including phenoxy) is 1. The molecule has 19 heavy (non-hydrogen) atoms. The van der Waals surface area contributed by atoms with E-state index in [0.29, 0.717) is 0 Å². The molecule has 4 N–H and O–H groups in total. The molecular formula is C13H13FN2O3. The number of hydrogen-bond donors (Lipinski definition) is 3. The van der Waals surface area contributed by atoms with Gasteiger partial charge in [-0.25, -0.2) is 9.18 Å². The summed E-state index contributed by atoms with van der Waals surface area (Å²) < 4.78 is 18.3. The molecule has 0 amide bonds. The summed E-state index contributed by atoms with van der Waals surface area (Å²) in [5.74, 6) is -1.60. The van der Waals surface area contributed by atoms with Crippen LogP contribution in [0, 0.1) is 11.2 Å². The van der Waals surface area contributed by atoms with Gasteiger partial charge >= 0.3 is 5.97 Å². The zero-order chi connectivity index (χ0) is 14.0. The Labute approximate surface area is 109 Å². The maximum absolute atomic E-state index is 12.8. The zero-order valence-electron chi connectivity index (χ0n) is 10.0. The van der Waals surface area contributed by atoms with E-state index in [2.05, 4.69) is 0 Å². The number of hydrogen-bond acceptors (Lipinski definition) is 4. The molecule has 0 radical (unpaired) electrons. The van der Waals surface area contributed by atoms with Crippen LogP contribution >= 0.6 is 0 Å². The number of carboxylic acid groups (broad SMARTS) is 1. The molecule has 1 aliphatic rings. The number of benzene rings is 1. The van der Waals surface area contributed by atoms with E-state index in [1.165, 1.54) is 12.1 Å². The Morgan fingerprint density at radius 1 is 1.42 bits per heavy atom. The van der Waals surface area contributed by atoms with E-state index >= 15 is 0 Å². The topological polar surface area (TPSA) is 96.4 Å². The van der Waals surface area contributed by atoms with Crippen molar-refractivity contribution in [3.8, 4) is 0 Å². The number of carbonyl (C=O) groups is 1. The van der Waals surface area contributed by atoms with E-state index < -0.39 is 12.1 Å². The first-order chi connectivity index (χ1) is 8.99. The van der Waals surface area contributed by atoms with Crippen molar-refractivity contribution >= 4 is 11.7 Å². The van der Waals surface area contributed by atoms with E-state index in [1.807, 2.05) is 0 Å². The summed E-state index contributed by atoms with van der Waals surface area (Å²) in [6.45, 7) is -0.00857. The fourth-order valence-electron chi connectivity index (χ4n) is 1.93. The maximum atomic E-state index is 12.8. The summed E-state index contributed by atoms with van der Waals surface area (Å²) in [7, 11) is 0. The Hall–Kier alpha value is -2.21. The lowest BCUT2D eigenvalue weighted by Crippen LogP contribution is -2.27. The summed E-state index contributed by atoms with van der Waals surface area (Å²) in [5.41, 5.74) is 6.20. The van der Waals surface area contributed by atoms with Crippen molar-refractivity contribution in [2.45, 2.75) is 12.5 Å². The van der Waals surface area contributed by atoms with Crippen molar-refractivity contribution in [1.29, 1.82) is 5.41 Å². The van der Waals surface area contributed by atoms with Gasteiger partial charge in [-0.05, 0) is 17.7 Å². The number of carboxylic acids is 1. The summed E-state index contributed by atoms with van der Waals surface area (Å²) in [5, 5.41) is 16.5. The van der Waals surface area contributed by atoms with Crippen LogP contribution in [0.5, 0.6) is 0 Å². The van der Waals surface area contributed by atoms with E-state index in [0.717, 1.165) is 5.56 Å². The van der Waals surface area contributed by atoms with Crippen molar-refractivity contribution < 1.29 is 19.0 Å². The van der Waals surface area contributed by atoms with E-state index in [1.54, 1.807) is 12.1 Å². The predicted molar refractivity (Wildman–Crippen MR) is 66.3 cm³/mol. The summed E-state index contributed by atoms with van der Waals surface area (Å²) >= 11 is 0. The van der Waals surface area contributed by atoms with Gasteiger partial charge in [0.25, 0.3) is 0 Å². The minimum atomic E-state index is -1.25. The van der Waals surface area contributed by atoms with Crippen molar-refractivity contribution in [1.82, 2.24) is 0 Å². The molecular weight excluding hydrogens is 251 g/mol. The molecule has 1 aromatic rings. The average Bonchev–Trinajstić information content (AvgIpc) is 2.39. The third kappa shape index (κ3) is 2.79. The molecule has 1 aromatic carbocycles. The van der Waals surface area contributed by atoms with Crippen LogP contribution in [0.2, 0.25) is 0 Å². The molecule has 1 fully saturated rings. The fourth-order valence-corrected chi connectivity index (χ4v) is 1.93. The third-order valence-corrected chi connectivity index (χ3v) is 2.98. The number of nitrogens with two attached hydrogens (primary N) is 1. The predicted octanol–water partition coefficient (Wildman–Crippen LogP) is 1.60. The van der Waals surface area contributed by atoms with Crippen molar-refractivity contribution in [2.75, 3.05) is 6.61 Å². The van der Waals surface area contributed by atoms with Gasteiger partial charge in [0.05, 0.1) is 18.4 Å². The van der Waals surface area contributed by atoms with Crippen molar-refractivity contribution in [3.05, 3.63) is 46.9 Å². The van der Waals surface area contributed by atoms with Crippen molar-refractivity contribution in [2.24, 2.45) is 5.73 Å². The molecule has 0 aromatic heterocycles. The van der Waals surface area contributed by atoms with E-state index in [9.17, 15) is 9.18 Å². The van der Waals surface area contributed by atoms with Crippen LogP contribution < -0.4 is 5.73 Å². The van der Waals surface area contributed by atoms with Crippen LogP contribution in [-0.2, 0) is 9.53 Å². The van der Waals surface area contributed by atoms with Gasteiger partial charge in [-0.1, -0.05) is 12.1 Å². The van der Waals surface area contributed by atoms with Gasteiger partial charge in [0.15, 0.2) is 0 Å². The van der Waals surface area contributed by atoms with Crippen LogP contribution in [0.1, 0.15) is 18.1 Å². The van der Waals surface area contributed by atoms with Crippen LogP contribution in [0.15, 0.2) is 35.5 Å². The lowest BCUT2D eigenvalue weighted by molar-refractivity contribution is -0.132. The van der Waals surface area contributed by atoms with Crippen molar-refractivity contribution in [3.63, 3.8) is 0 Å². The van der Waals surface area contributed by atoms with Gasteiger partial charge in [-0.15, -0.1) is 0 Å². The third-order valence-electron chi connectivity index (χ3n) is 2.98. The first-order valence-electron chi connectivity index (χ1n) is 5.66. The molecule has 2 rings (SSSR count). The first-order valence-corrected chi connectivity index (χ1v) is 5.66. The van der Waals surface area contributed by atoms with Crippen LogP contribution in [0.25, 0.3) is 0 Å². The molecule has 1 aliphatic heterocycles. The highest BCUT2D eigenvalue weighted by atomic mass is 19.1. The molecule has 1 saturated heterocycles. The van der Waals surface area contributed by atoms with Crippen LogP contribution in [0.4, 0.5) is 4.39 Å². The molecule has 6 heteroatoms. The molecule has 0 spiro atoms. The van der Waals surface area contributed by atoms with Gasteiger partial charge in [-0.2, -0.15) is 0 Å². The van der Waals surface area contributed by atoms with Gasteiger partial charge in [-0.3, -0.25) is 0 Å². The zero-order valence-corrected chi connectivity index (χ0v) is 10.0. The van der Waals surface area contributed by atoms with Crippen LogP contribution in [0.3, 0.4) is 0 Å². The largest absolute Gasteiger partial charge is 0.477 e. The highest BCUT2D eigenvalue weighted by molar-refractivity contribution is 6.05. The number of aliphatic carboxylic acids is 1. The number of nitrogens with one attached hydrogen (secondary N) is 1. The number of halogens is 1. The van der Waals surface area contributed by atoms with Gasteiger partial charge in [0.1, 0.15) is 11.5 Å². The molecule has 0 aliphatic carbocycles. The summed E-state index contributed by atoms with van der Waals surface area (Å²) in [6, 6.07) is 5.76. The Bertz CT molecular complexity index is 552. The lowest BCUT2D eigenvalue weighted by Gasteiger charge is -2.26. The molecule has 1 atom stereocenters. The number of rotatable bonds is 2. The SMILES string of the molecule is N=C1COC(c2ccc(F)cc2)CC1=C(N)C(=O)O. The highest BCUT2D eigenvalue weighted by Gasteiger charge is 2.26. The molecule has 0 bridgehead atoms. The standard InChI is InChI=1S/C13H13FN2O3/c14-8-3-1-7(2-4-8)11-5-9(10(15)6-19-11)12(16)13(17)18/h1-4,11,15H,5-6,16H2,(H,17,18). The molecule has 0 saturated carbocycles. The average molecular weight is 264 g/mol. The van der Waals surface area contributed by atoms with Gasteiger partial charge in [0, 0.05) is 12.0 Å². The molecule has 5 nitrogen and oxygen atoms in total. The fraction of sp³-hybridized carbons (Fsp3) is 0.231. The Morgan fingerprint density at radius 2 is 2.05 bits per heavy atom. The normalized spacial score (nSPS) is 22.2. The van der Waals surface area contributed by atoms with E-state index in [4.69, 9.17) is 21.0 Å². The maximum Gasteiger partial charge on any atom is 0.352 e. The minimum Gasteiger partial charge on any atom is -0.477 e.